The maximum Gasteiger partial charge on any atom is 0.417 e. The quantitative estimate of drug-likeness (QED) is 0.721. The summed E-state index contributed by atoms with van der Waals surface area (Å²) in [5.41, 5.74) is 0.743. The number of benzene rings is 2. The number of hydrogen-bond acceptors (Lipinski definition) is 4. The van der Waals surface area contributed by atoms with E-state index in [9.17, 15) is 18.3 Å². The smallest absolute Gasteiger partial charge is 0.389 e. The summed E-state index contributed by atoms with van der Waals surface area (Å²) < 4.78 is 44.7. The Morgan fingerprint density at radius 1 is 1.03 bits per heavy atom. The molecule has 0 aromatic heterocycles. The van der Waals surface area contributed by atoms with Crippen LogP contribution in [0.25, 0.3) is 0 Å². The predicted octanol–water partition coefficient (Wildman–Crippen LogP) is 4.06. The number of piperazine rings is 1. The highest BCUT2D eigenvalue weighted by Crippen LogP contribution is 2.37. The highest BCUT2D eigenvalue weighted by atomic mass is 35.5. The molecule has 0 radical (unpaired) electrons. The molecule has 2 aromatic rings. The third-order valence-electron chi connectivity index (χ3n) is 4.88. The number of hydrogen-bond donors (Lipinski definition) is 1. The molecule has 0 aliphatic carbocycles. The van der Waals surface area contributed by atoms with E-state index in [1.165, 1.54) is 6.07 Å². The van der Waals surface area contributed by atoms with Crippen molar-refractivity contribution >= 4 is 17.3 Å². The Kier molecular flexibility index (Phi) is 7.40. The summed E-state index contributed by atoms with van der Waals surface area (Å²) in [5.74, 6) is 0. The van der Waals surface area contributed by atoms with Crippen LogP contribution in [0.4, 0.5) is 18.9 Å². The van der Waals surface area contributed by atoms with Gasteiger partial charge in [0.1, 0.15) is 0 Å². The van der Waals surface area contributed by atoms with Crippen molar-refractivity contribution in [3.05, 3.63) is 64.7 Å². The van der Waals surface area contributed by atoms with Crippen molar-refractivity contribution in [3.8, 4) is 0 Å². The molecule has 29 heavy (non-hydrogen) atoms. The number of aliphatic hydroxyl groups is 1. The highest BCUT2D eigenvalue weighted by Gasteiger charge is 2.34. The first-order valence-corrected chi connectivity index (χ1v) is 9.84. The largest absolute Gasteiger partial charge is 0.417 e. The van der Waals surface area contributed by atoms with Crippen LogP contribution in [0.3, 0.4) is 0 Å². The van der Waals surface area contributed by atoms with Crippen LogP contribution in [-0.2, 0) is 17.5 Å². The number of rotatable bonds is 7. The van der Waals surface area contributed by atoms with E-state index >= 15 is 0 Å². The first kappa shape index (κ1) is 21.9. The van der Waals surface area contributed by atoms with E-state index in [4.69, 9.17) is 16.3 Å². The molecule has 1 aliphatic heterocycles. The van der Waals surface area contributed by atoms with Crippen LogP contribution < -0.4 is 4.90 Å². The van der Waals surface area contributed by atoms with Crippen LogP contribution in [-0.4, -0.2) is 55.4 Å². The van der Waals surface area contributed by atoms with E-state index in [0.717, 1.165) is 11.6 Å². The Balaban J connectivity index is 1.44. The SMILES string of the molecule is OC(COCc1ccccc1)CN1CCN(c2ccc(Cl)c(C(F)(F)F)c2)CC1. The average molecular weight is 429 g/mol. The van der Waals surface area contributed by atoms with Crippen LogP contribution in [0, 0.1) is 0 Å². The van der Waals surface area contributed by atoms with Crippen LogP contribution >= 0.6 is 11.6 Å². The lowest BCUT2D eigenvalue weighted by Crippen LogP contribution is -2.49. The van der Waals surface area contributed by atoms with Crippen molar-refractivity contribution in [2.45, 2.75) is 18.9 Å². The summed E-state index contributed by atoms with van der Waals surface area (Å²) in [5, 5.41) is 9.91. The number of halogens is 4. The monoisotopic (exact) mass is 428 g/mol. The average Bonchev–Trinajstić information content (AvgIpc) is 2.69. The minimum absolute atomic E-state index is 0.237. The summed E-state index contributed by atoms with van der Waals surface area (Å²) in [6, 6.07) is 13.7. The lowest BCUT2D eigenvalue weighted by Gasteiger charge is -2.37. The number of anilines is 1. The molecular weight excluding hydrogens is 405 g/mol. The van der Waals surface area contributed by atoms with E-state index in [0.29, 0.717) is 45.0 Å². The standard InChI is InChI=1S/C21H24ClF3N2O2/c22-20-7-6-17(12-19(20)21(23,24)25)27-10-8-26(9-11-27)13-18(28)15-29-14-16-4-2-1-3-5-16/h1-7,12,18,28H,8-11,13-15H2. The molecule has 1 saturated heterocycles. The van der Waals surface area contributed by atoms with Crippen molar-refractivity contribution in [1.29, 1.82) is 0 Å². The Morgan fingerprint density at radius 3 is 2.38 bits per heavy atom. The van der Waals surface area contributed by atoms with Crippen molar-refractivity contribution in [3.63, 3.8) is 0 Å². The molecule has 1 N–H and O–H groups in total. The maximum atomic E-state index is 13.1. The third-order valence-corrected chi connectivity index (χ3v) is 5.21. The Labute approximate surface area is 173 Å². The minimum atomic E-state index is -4.47. The second-order valence-corrected chi connectivity index (χ2v) is 7.51. The first-order valence-electron chi connectivity index (χ1n) is 9.46. The maximum absolute atomic E-state index is 13.1. The second kappa shape index (κ2) is 9.80. The van der Waals surface area contributed by atoms with Crippen LogP contribution in [0.1, 0.15) is 11.1 Å². The highest BCUT2D eigenvalue weighted by molar-refractivity contribution is 6.31. The summed E-state index contributed by atoms with van der Waals surface area (Å²) >= 11 is 5.69. The Bertz CT molecular complexity index is 781. The van der Waals surface area contributed by atoms with E-state index in [2.05, 4.69) is 4.90 Å². The molecule has 0 bridgehead atoms. The van der Waals surface area contributed by atoms with Crippen LogP contribution in [0.15, 0.2) is 48.5 Å². The van der Waals surface area contributed by atoms with E-state index in [1.54, 1.807) is 6.07 Å². The third kappa shape index (κ3) is 6.34. The second-order valence-electron chi connectivity index (χ2n) is 7.10. The number of β-amino-alcohol motifs (C(OH)–C–C–N with tert-alkyl or cyclic N) is 1. The zero-order chi connectivity index (χ0) is 20.9. The van der Waals surface area contributed by atoms with Gasteiger partial charge in [0.05, 0.1) is 29.9 Å². The van der Waals surface area contributed by atoms with Crippen LogP contribution in [0.5, 0.6) is 0 Å². The summed E-state index contributed by atoms with van der Waals surface area (Å²) in [6.07, 6.45) is -5.09. The molecule has 3 rings (SSSR count). The van der Waals surface area contributed by atoms with Crippen molar-refractivity contribution in [2.75, 3.05) is 44.2 Å². The topological polar surface area (TPSA) is 35.9 Å². The van der Waals surface area contributed by atoms with Gasteiger partial charge in [-0.2, -0.15) is 13.2 Å². The molecule has 158 valence electrons. The molecule has 1 heterocycles. The lowest BCUT2D eigenvalue weighted by molar-refractivity contribution is -0.137. The molecule has 1 atom stereocenters. The summed E-state index contributed by atoms with van der Waals surface area (Å²) in [4.78, 5) is 3.99. The van der Waals surface area contributed by atoms with Gasteiger partial charge in [0.2, 0.25) is 0 Å². The summed E-state index contributed by atoms with van der Waals surface area (Å²) in [6.45, 7) is 3.62. The van der Waals surface area contributed by atoms with Gasteiger partial charge in [0, 0.05) is 38.4 Å². The zero-order valence-corrected chi connectivity index (χ0v) is 16.7. The van der Waals surface area contributed by atoms with Crippen molar-refractivity contribution in [2.24, 2.45) is 0 Å². The molecule has 0 saturated carbocycles. The van der Waals surface area contributed by atoms with Gasteiger partial charge < -0.3 is 14.7 Å². The van der Waals surface area contributed by atoms with Gasteiger partial charge in [-0.25, -0.2) is 0 Å². The van der Waals surface area contributed by atoms with Crippen LogP contribution in [0.2, 0.25) is 5.02 Å². The molecule has 4 nitrogen and oxygen atoms in total. The van der Waals surface area contributed by atoms with Gasteiger partial charge in [-0.05, 0) is 23.8 Å². The van der Waals surface area contributed by atoms with Gasteiger partial charge in [-0.1, -0.05) is 41.9 Å². The molecule has 1 aliphatic rings. The van der Waals surface area contributed by atoms with E-state index in [1.807, 2.05) is 35.2 Å². The molecule has 1 fully saturated rings. The minimum Gasteiger partial charge on any atom is -0.389 e. The van der Waals surface area contributed by atoms with E-state index in [-0.39, 0.29) is 11.6 Å². The fourth-order valence-electron chi connectivity index (χ4n) is 3.35. The fraction of sp³-hybridized carbons (Fsp3) is 0.429. The molecule has 1 unspecified atom stereocenters. The van der Waals surface area contributed by atoms with Gasteiger partial charge in [-0.15, -0.1) is 0 Å². The van der Waals surface area contributed by atoms with Gasteiger partial charge in [-0.3, -0.25) is 4.90 Å². The zero-order valence-electron chi connectivity index (χ0n) is 15.9. The molecule has 8 heteroatoms. The van der Waals surface area contributed by atoms with Crippen molar-refractivity contribution in [1.82, 2.24) is 4.90 Å². The Morgan fingerprint density at radius 2 is 1.72 bits per heavy atom. The molecular formula is C21H24ClF3N2O2. The normalized spacial score (nSPS) is 16.8. The predicted molar refractivity (Wildman–Crippen MR) is 107 cm³/mol. The number of nitrogens with zero attached hydrogens (tertiary/aromatic N) is 2. The number of ether oxygens (including phenoxy) is 1. The van der Waals surface area contributed by atoms with Gasteiger partial charge >= 0.3 is 6.18 Å². The van der Waals surface area contributed by atoms with Gasteiger partial charge in [0.25, 0.3) is 0 Å². The molecule has 0 spiro atoms. The number of aliphatic hydroxyl groups excluding tert-OH is 1. The lowest BCUT2D eigenvalue weighted by atomic mass is 10.1. The fourth-order valence-corrected chi connectivity index (χ4v) is 3.58. The Hall–Kier alpha value is -1.80. The summed E-state index contributed by atoms with van der Waals surface area (Å²) in [7, 11) is 0. The number of alkyl halides is 3. The first-order chi connectivity index (χ1) is 13.8. The molecule has 0 amide bonds. The van der Waals surface area contributed by atoms with E-state index < -0.39 is 17.8 Å². The van der Waals surface area contributed by atoms with Gasteiger partial charge in [0.15, 0.2) is 0 Å². The van der Waals surface area contributed by atoms with Crippen molar-refractivity contribution < 1.29 is 23.0 Å². The molecule has 2 aromatic carbocycles.